The van der Waals surface area contributed by atoms with Crippen LogP contribution in [0.4, 0.5) is 0 Å². The van der Waals surface area contributed by atoms with Crippen LogP contribution >= 0.6 is 0 Å². The lowest BCUT2D eigenvalue weighted by Crippen LogP contribution is -2.59. The maximum atomic E-state index is 14.2. The highest BCUT2D eigenvalue weighted by Gasteiger charge is 2.75. The topological polar surface area (TPSA) is 96.4 Å². The molecule has 8 heteroatoms. The Morgan fingerprint density at radius 1 is 1.15 bits per heavy atom. The number of nitrogens with zero attached hydrogens (tertiary/aromatic N) is 2. The van der Waals surface area contributed by atoms with Crippen LogP contribution in [0.3, 0.4) is 0 Å². The van der Waals surface area contributed by atoms with Crippen LogP contribution in [-0.4, -0.2) is 82.3 Å². The Bertz CT molecular complexity index is 887. The number of aliphatic hydroxyl groups excluding tert-OH is 1. The number of ether oxygens (including phenoxy) is 2. The van der Waals surface area contributed by atoms with Crippen molar-refractivity contribution in [3.05, 3.63) is 24.3 Å². The molecule has 1 N–H and O–H groups in total. The molecule has 4 heterocycles. The van der Waals surface area contributed by atoms with E-state index in [1.807, 2.05) is 38.2 Å². The summed E-state index contributed by atoms with van der Waals surface area (Å²) in [5.41, 5.74) is -2.38. The molecule has 34 heavy (non-hydrogen) atoms. The van der Waals surface area contributed by atoms with Crippen molar-refractivity contribution >= 4 is 17.8 Å². The van der Waals surface area contributed by atoms with Gasteiger partial charge in [0.2, 0.25) is 11.8 Å². The summed E-state index contributed by atoms with van der Waals surface area (Å²) >= 11 is 0. The zero-order chi connectivity index (χ0) is 24.7. The van der Waals surface area contributed by atoms with Gasteiger partial charge in [-0.05, 0) is 25.7 Å². The molecule has 4 aliphatic heterocycles. The third kappa shape index (κ3) is 3.70. The second-order valence-electron chi connectivity index (χ2n) is 10.3. The molecule has 2 fully saturated rings. The van der Waals surface area contributed by atoms with E-state index in [4.69, 9.17) is 9.47 Å². The molecule has 8 nitrogen and oxygen atoms in total. The van der Waals surface area contributed by atoms with Gasteiger partial charge in [0.05, 0.1) is 30.8 Å². The Labute approximate surface area is 201 Å². The predicted octanol–water partition coefficient (Wildman–Crippen LogP) is 2.07. The molecule has 0 aliphatic carbocycles. The van der Waals surface area contributed by atoms with Crippen molar-refractivity contribution in [2.45, 2.75) is 76.7 Å². The van der Waals surface area contributed by atoms with E-state index < -0.39 is 41.1 Å². The van der Waals surface area contributed by atoms with E-state index >= 15 is 0 Å². The number of rotatable bonds is 7. The number of aliphatic hydroxyl groups is 1. The number of carbonyl (C=O) groups is 3. The van der Waals surface area contributed by atoms with Gasteiger partial charge in [-0.3, -0.25) is 14.4 Å². The smallest absolute Gasteiger partial charge is 0.313 e. The Hall–Kier alpha value is -2.19. The van der Waals surface area contributed by atoms with Gasteiger partial charge >= 0.3 is 5.97 Å². The number of carbonyl (C=O) groups excluding carboxylic acids is 3. The monoisotopic (exact) mass is 474 g/mol. The normalized spacial score (nSPS) is 36.9. The summed E-state index contributed by atoms with van der Waals surface area (Å²) in [5.74, 6) is -2.79. The van der Waals surface area contributed by atoms with Crippen LogP contribution < -0.4 is 0 Å². The molecule has 0 aromatic heterocycles. The molecular weight excluding hydrogens is 436 g/mol. The predicted molar refractivity (Wildman–Crippen MR) is 126 cm³/mol. The van der Waals surface area contributed by atoms with Gasteiger partial charge in [0.25, 0.3) is 0 Å². The summed E-state index contributed by atoms with van der Waals surface area (Å²) in [6.45, 7) is 8.82. The highest BCUT2D eigenvalue weighted by Crippen LogP contribution is 2.57. The molecule has 7 atom stereocenters. The molecule has 4 rings (SSSR count). The summed E-state index contributed by atoms with van der Waals surface area (Å²) < 4.78 is 12.2. The first-order chi connectivity index (χ1) is 16.3. The Morgan fingerprint density at radius 2 is 1.91 bits per heavy atom. The Kier molecular flexibility index (Phi) is 6.93. The van der Waals surface area contributed by atoms with Crippen molar-refractivity contribution < 1.29 is 29.0 Å². The zero-order valence-electron chi connectivity index (χ0n) is 20.7. The molecule has 2 saturated heterocycles. The van der Waals surface area contributed by atoms with Gasteiger partial charge in [-0.2, -0.15) is 0 Å². The fourth-order valence-corrected chi connectivity index (χ4v) is 6.20. The van der Waals surface area contributed by atoms with Crippen molar-refractivity contribution in [2.24, 2.45) is 17.8 Å². The van der Waals surface area contributed by atoms with E-state index in [9.17, 15) is 19.5 Å². The molecule has 0 aromatic carbocycles. The lowest BCUT2D eigenvalue weighted by molar-refractivity contribution is -0.162. The summed E-state index contributed by atoms with van der Waals surface area (Å²) in [7, 11) is 0. The van der Waals surface area contributed by atoms with Crippen molar-refractivity contribution in [3.8, 4) is 0 Å². The number of likely N-dealkylation sites (tertiary alicyclic amines) is 1. The van der Waals surface area contributed by atoms with Gasteiger partial charge in [0, 0.05) is 13.1 Å². The second-order valence-corrected chi connectivity index (χ2v) is 10.3. The van der Waals surface area contributed by atoms with Gasteiger partial charge in [0.15, 0.2) is 0 Å². The van der Waals surface area contributed by atoms with Gasteiger partial charge in [0.1, 0.15) is 17.6 Å². The van der Waals surface area contributed by atoms with E-state index in [0.29, 0.717) is 19.5 Å². The molecule has 0 bridgehead atoms. The molecule has 2 amide bonds. The Morgan fingerprint density at radius 3 is 2.59 bits per heavy atom. The molecule has 0 aromatic rings. The van der Waals surface area contributed by atoms with Crippen molar-refractivity contribution in [3.63, 3.8) is 0 Å². The summed E-state index contributed by atoms with van der Waals surface area (Å²) in [4.78, 5) is 44.8. The summed E-state index contributed by atoms with van der Waals surface area (Å²) in [6, 6.07) is -1.50. The van der Waals surface area contributed by atoms with Crippen molar-refractivity contribution in [1.82, 2.24) is 9.80 Å². The van der Waals surface area contributed by atoms with E-state index in [1.54, 1.807) is 16.7 Å². The lowest BCUT2D eigenvalue weighted by atomic mass is 9.74. The number of fused-ring (bicyclic) bond motifs is 2. The third-order valence-corrected chi connectivity index (χ3v) is 8.17. The molecule has 1 unspecified atom stereocenters. The highest BCUT2D eigenvalue weighted by molar-refractivity contribution is 5.99. The first kappa shape index (κ1) is 24.9. The molecule has 188 valence electrons. The maximum Gasteiger partial charge on any atom is 0.313 e. The van der Waals surface area contributed by atoms with Crippen LogP contribution in [0.25, 0.3) is 0 Å². The SMILES string of the molecule is CCCCN1CC=C[C@]23O[C@]4(C)C=CCCOC(=O)[C@@H]4[C@H]2C(=O)N([C@@H](CO)[C@@H](C)CC)C3C1=O. The number of hydrogen-bond acceptors (Lipinski definition) is 6. The first-order valence-corrected chi connectivity index (χ1v) is 12.7. The number of esters is 1. The molecule has 0 radical (unpaired) electrons. The minimum atomic E-state index is -1.30. The second kappa shape index (κ2) is 9.46. The van der Waals surface area contributed by atoms with Gasteiger partial charge in [-0.1, -0.05) is 57.9 Å². The number of cyclic esters (lactones) is 1. The number of amides is 2. The zero-order valence-corrected chi connectivity index (χ0v) is 20.7. The van der Waals surface area contributed by atoms with Crippen LogP contribution in [0.1, 0.15) is 53.4 Å². The van der Waals surface area contributed by atoms with Gasteiger partial charge in [-0.25, -0.2) is 0 Å². The first-order valence-electron chi connectivity index (χ1n) is 12.7. The quantitative estimate of drug-likeness (QED) is 0.448. The van der Waals surface area contributed by atoms with Crippen LogP contribution in [-0.2, 0) is 23.9 Å². The molecular formula is C26H38N2O6. The van der Waals surface area contributed by atoms with Crippen LogP contribution in [0.2, 0.25) is 0 Å². The fraction of sp³-hybridized carbons (Fsp3) is 0.731. The third-order valence-electron chi connectivity index (χ3n) is 8.17. The van der Waals surface area contributed by atoms with Gasteiger partial charge in [-0.15, -0.1) is 0 Å². The molecule has 0 saturated carbocycles. The minimum absolute atomic E-state index is 0.0375. The Balaban J connectivity index is 1.88. The number of hydrogen-bond donors (Lipinski definition) is 1. The van der Waals surface area contributed by atoms with Crippen LogP contribution in [0.15, 0.2) is 24.3 Å². The number of unbranched alkanes of at least 4 members (excludes halogenated alkanes) is 1. The van der Waals surface area contributed by atoms with E-state index in [2.05, 4.69) is 6.92 Å². The minimum Gasteiger partial charge on any atom is -0.465 e. The molecule has 4 aliphatic rings. The average Bonchev–Trinajstić information content (AvgIpc) is 3.13. The van der Waals surface area contributed by atoms with E-state index in [-0.39, 0.29) is 30.9 Å². The summed E-state index contributed by atoms with van der Waals surface area (Å²) in [5, 5.41) is 10.4. The van der Waals surface area contributed by atoms with E-state index in [0.717, 1.165) is 19.3 Å². The van der Waals surface area contributed by atoms with Gasteiger partial charge < -0.3 is 24.4 Å². The van der Waals surface area contributed by atoms with Crippen molar-refractivity contribution in [2.75, 3.05) is 26.3 Å². The van der Waals surface area contributed by atoms with Crippen molar-refractivity contribution in [1.29, 1.82) is 0 Å². The largest absolute Gasteiger partial charge is 0.465 e. The van der Waals surface area contributed by atoms with E-state index in [1.165, 1.54) is 0 Å². The van der Waals surface area contributed by atoms with Crippen LogP contribution in [0.5, 0.6) is 0 Å². The lowest BCUT2D eigenvalue weighted by Gasteiger charge is -2.41. The summed E-state index contributed by atoms with van der Waals surface area (Å²) in [6.07, 6.45) is 10.6. The average molecular weight is 475 g/mol. The van der Waals surface area contributed by atoms with Crippen LogP contribution in [0, 0.1) is 17.8 Å². The molecule has 1 spiro atoms. The maximum absolute atomic E-state index is 14.2. The fourth-order valence-electron chi connectivity index (χ4n) is 6.20. The highest BCUT2D eigenvalue weighted by atomic mass is 16.6. The standard InChI is InChI=1S/C26H38N2O6/c1-5-7-13-27-14-10-12-26-19(20-24(32)33-15-9-8-11-25(20,4)34-26)22(30)28(21(26)23(27)31)18(16-29)17(3)6-2/h8,10-12,17-21,29H,5-7,9,13-16H2,1-4H3/t17-,18-,19-,20-,21?,25+,26-/m0/s1.